The number of nitrogens with one attached hydrogen (secondary N) is 1. The minimum absolute atomic E-state index is 0.0162. The summed E-state index contributed by atoms with van der Waals surface area (Å²) in [6.07, 6.45) is -2.94. The number of hydrogen-bond donors (Lipinski definition) is 2. The summed E-state index contributed by atoms with van der Waals surface area (Å²) in [6.45, 7) is 1.77. The van der Waals surface area contributed by atoms with Crippen molar-refractivity contribution in [2.24, 2.45) is 0 Å². The number of anilines is 2. The minimum atomic E-state index is -4.56. The summed E-state index contributed by atoms with van der Waals surface area (Å²) in [5, 5.41) is 5.34. The fourth-order valence-corrected chi connectivity index (χ4v) is 2.06. The Balaban J connectivity index is 2.23. The molecule has 2 aromatic rings. The molecule has 0 aliphatic heterocycles. The van der Waals surface area contributed by atoms with E-state index in [2.05, 4.69) is 20.3 Å². The quantitative estimate of drug-likeness (QED) is 0.908. The lowest BCUT2D eigenvalue weighted by molar-refractivity contribution is -0.141. The number of nitrogens with zero attached hydrogens (tertiary/aromatic N) is 3. The number of aromatic nitrogens is 3. The zero-order valence-corrected chi connectivity index (χ0v) is 10.6. The van der Waals surface area contributed by atoms with Gasteiger partial charge >= 0.3 is 6.18 Å². The van der Waals surface area contributed by atoms with Crippen molar-refractivity contribution in [2.75, 3.05) is 11.1 Å². The lowest BCUT2D eigenvalue weighted by Gasteiger charge is -2.14. The van der Waals surface area contributed by atoms with Gasteiger partial charge in [-0.2, -0.15) is 18.2 Å². The van der Waals surface area contributed by atoms with E-state index < -0.39 is 17.8 Å². The molecule has 0 radical (unpaired) electrons. The molecule has 2 aromatic heterocycles. The number of nitrogen functional groups attached to an aromatic ring is 1. The van der Waals surface area contributed by atoms with Gasteiger partial charge in [-0.15, -0.1) is 11.3 Å². The summed E-state index contributed by atoms with van der Waals surface area (Å²) in [4.78, 5) is 11.0. The summed E-state index contributed by atoms with van der Waals surface area (Å²) in [7, 11) is 0. The molecular formula is C10H10F3N5S. The Hall–Kier alpha value is -1.90. The van der Waals surface area contributed by atoms with Gasteiger partial charge in [-0.25, -0.2) is 9.97 Å². The highest BCUT2D eigenvalue weighted by Gasteiger charge is 2.33. The molecule has 0 aliphatic carbocycles. The lowest BCUT2D eigenvalue weighted by atomic mass is 10.3. The van der Waals surface area contributed by atoms with Crippen LogP contribution in [-0.4, -0.2) is 15.0 Å². The zero-order valence-electron chi connectivity index (χ0n) is 9.77. The molecule has 0 bridgehead atoms. The van der Waals surface area contributed by atoms with Crippen molar-refractivity contribution in [2.45, 2.75) is 19.1 Å². The molecule has 0 fully saturated rings. The predicted octanol–water partition coefficient (Wildman–Crippen LogP) is 2.71. The first-order chi connectivity index (χ1) is 8.86. The fraction of sp³-hybridized carbons (Fsp3) is 0.300. The van der Waals surface area contributed by atoms with Gasteiger partial charge in [-0.1, -0.05) is 0 Å². The van der Waals surface area contributed by atoms with Crippen LogP contribution >= 0.6 is 11.3 Å². The van der Waals surface area contributed by atoms with Crippen molar-refractivity contribution in [3.05, 3.63) is 28.3 Å². The molecule has 102 valence electrons. The van der Waals surface area contributed by atoms with E-state index in [4.69, 9.17) is 5.73 Å². The predicted molar refractivity (Wildman–Crippen MR) is 65.6 cm³/mol. The number of rotatable bonds is 3. The third kappa shape index (κ3) is 3.31. The van der Waals surface area contributed by atoms with E-state index in [0.29, 0.717) is 0 Å². The van der Waals surface area contributed by atoms with Gasteiger partial charge in [0.1, 0.15) is 10.8 Å². The first kappa shape index (κ1) is 13.5. The minimum Gasteiger partial charge on any atom is -0.368 e. The summed E-state index contributed by atoms with van der Waals surface area (Å²) in [5.41, 5.74) is 4.20. The summed E-state index contributed by atoms with van der Waals surface area (Å²) >= 11 is 1.39. The molecule has 0 aliphatic rings. The lowest BCUT2D eigenvalue weighted by Crippen LogP contribution is -2.14. The largest absolute Gasteiger partial charge is 0.433 e. The Morgan fingerprint density at radius 1 is 1.37 bits per heavy atom. The number of halogens is 3. The molecule has 2 rings (SSSR count). The van der Waals surface area contributed by atoms with E-state index in [9.17, 15) is 13.2 Å². The van der Waals surface area contributed by atoms with Gasteiger partial charge in [0.15, 0.2) is 5.69 Å². The van der Waals surface area contributed by atoms with Gasteiger partial charge in [0, 0.05) is 17.6 Å². The maximum Gasteiger partial charge on any atom is 0.433 e. The Labute approximate surface area is 110 Å². The number of nitrogens with two attached hydrogens (primary N) is 1. The van der Waals surface area contributed by atoms with Crippen molar-refractivity contribution in [3.63, 3.8) is 0 Å². The Morgan fingerprint density at radius 2 is 2.11 bits per heavy atom. The summed E-state index contributed by atoms with van der Waals surface area (Å²) in [6, 6.07) is 0.552. The average molecular weight is 289 g/mol. The van der Waals surface area contributed by atoms with Crippen molar-refractivity contribution >= 4 is 23.1 Å². The van der Waals surface area contributed by atoms with Gasteiger partial charge in [-0.3, -0.25) is 0 Å². The van der Waals surface area contributed by atoms with E-state index in [1.54, 1.807) is 18.5 Å². The topological polar surface area (TPSA) is 76.7 Å². The maximum atomic E-state index is 12.6. The standard InChI is InChI=1S/C10H10F3N5S/c1-5(8-15-2-3-19-8)16-7-4-6(10(11,12)13)17-9(14)18-7/h2-5H,1H3,(H3,14,16,17,18). The first-order valence-electron chi connectivity index (χ1n) is 5.24. The molecule has 3 N–H and O–H groups in total. The smallest absolute Gasteiger partial charge is 0.368 e. The van der Waals surface area contributed by atoms with Gasteiger partial charge in [0.2, 0.25) is 5.95 Å². The van der Waals surface area contributed by atoms with E-state index in [-0.39, 0.29) is 11.9 Å². The molecule has 0 amide bonds. The number of thiazole rings is 1. The normalized spacial score (nSPS) is 13.3. The van der Waals surface area contributed by atoms with Crippen molar-refractivity contribution in [3.8, 4) is 0 Å². The van der Waals surface area contributed by atoms with Crippen molar-refractivity contribution in [1.82, 2.24) is 15.0 Å². The van der Waals surface area contributed by atoms with Crippen molar-refractivity contribution in [1.29, 1.82) is 0 Å². The molecule has 1 unspecified atom stereocenters. The molecule has 0 saturated heterocycles. The highest BCUT2D eigenvalue weighted by Crippen LogP contribution is 2.30. The molecule has 0 spiro atoms. The molecule has 1 atom stereocenters. The average Bonchev–Trinajstić information content (AvgIpc) is 2.80. The SMILES string of the molecule is CC(Nc1cc(C(F)(F)F)nc(N)n1)c1nccs1. The van der Waals surface area contributed by atoms with Crippen LogP contribution in [-0.2, 0) is 6.18 Å². The van der Waals surface area contributed by atoms with E-state index >= 15 is 0 Å². The molecule has 0 aromatic carbocycles. The van der Waals surface area contributed by atoms with Crippen molar-refractivity contribution < 1.29 is 13.2 Å². The van der Waals surface area contributed by atoms with Crippen LogP contribution in [0.15, 0.2) is 17.6 Å². The second-order valence-corrected chi connectivity index (χ2v) is 4.66. The Kier molecular flexibility index (Phi) is 3.56. The van der Waals surface area contributed by atoms with Crippen LogP contribution in [0.2, 0.25) is 0 Å². The Morgan fingerprint density at radius 3 is 2.68 bits per heavy atom. The van der Waals surface area contributed by atoms with Crippen LogP contribution in [0.3, 0.4) is 0 Å². The van der Waals surface area contributed by atoms with Crippen LogP contribution in [0.4, 0.5) is 24.9 Å². The van der Waals surface area contributed by atoms with E-state index in [1.807, 2.05) is 0 Å². The molecule has 9 heteroatoms. The monoisotopic (exact) mass is 289 g/mol. The van der Waals surface area contributed by atoms with Gasteiger partial charge in [0.05, 0.1) is 6.04 Å². The van der Waals surface area contributed by atoms with Gasteiger partial charge in [0.25, 0.3) is 0 Å². The highest BCUT2D eigenvalue weighted by molar-refractivity contribution is 7.09. The van der Waals surface area contributed by atoms with Crippen LogP contribution in [0.1, 0.15) is 23.7 Å². The molecule has 2 heterocycles. The second-order valence-electron chi connectivity index (χ2n) is 3.73. The second kappa shape index (κ2) is 5.00. The van der Waals surface area contributed by atoms with Crippen LogP contribution in [0.25, 0.3) is 0 Å². The number of hydrogen-bond acceptors (Lipinski definition) is 6. The van der Waals surface area contributed by atoms with Crippen LogP contribution < -0.4 is 11.1 Å². The van der Waals surface area contributed by atoms with Crippen LogP contribution in [0, 0.1) is 0 Å². The van der Waals surface area contributed by atoms with E-state index in [0.717, 1.165) is 11.1 Å². The molecule has 19 heavy (non-hydrogen) atoms. The maximum absolute atomic E-state index is 12.6. The summed E-state index contributed by atoms with van der Waals surface area (Å²) in [5.74, 6) is -0.411. The summed E-state index contributed by atoms with van der Waals surface area (Å²) < 4.78 is 37.7. The van der Waals surface area contributed by atoms with E-state index in [1.165, 1.54) is 11.3 Å². The fourth-order valence-electron chi connectivity index (χ4n) is 1.42. The molecule has 5 nitrogen and oxygen atoms in total. The first-order valence-corrected chi connectivity index (χ1v) is 6.12. The third-order valence-corrected chi connectivity index (χ3v) is 3.18. The highest BCUT2D eigenvalue weighted by atomic mass is 32.1. The van der Waals surface area contributed by atoms with Gasteiger partial charge in [-0.05, 0) is 6.92 Å². The third-order valence-electron chi connectivity index (χ3n) is 2.22. The van der Waals surface area contributed by atoms with Gasteiger partial charge < -0.3 is 11.1 Å². The molecule has 0 saturated carbocycles. The zero-order chi connectivity index (χ0) is 14.0. The van der Waals surface area contributed by atoms with Crippen LogP contribution in [0.5, 0.6) is 0 Å². The molecular weight excluding hydrogens is 279 g/mol. The number of alkyl halides is 3. The Bertz CT molecular complexity index is 555.